The highest BCUT2D eigenvalue weighted by Crippen LogP contribution is 2.32. The van der Waals surface area contributed by atoms with Gasteiger partial charge in [-0.3, -0.25) is 0 Å². The first-order valence-electron chi connectivity index (χ1n) is 6.62. The Morgan fingerprint density at radius 2 is 2.00 bits per heavy atom. The van der Waals surface area contributed by atoms with Gasteiger partial charge in [-0.25, -0.2) is 0 Å². The van der Waals surface area contributed by atoms with E-state index in [1.165, 1.54) is 32.1 Å². The molecule has 1 saturated carbocycles. The van der Waals surface area contributed by atoms with Gasteiger partial charge in [0.25, 0.3) is 0 Å². The zero-order valence-electron chi connectivity index (χ0n) is 10.6. The van der Waals surface area contributed by atoms with Crippen molar-refractivity contribution in [3.8, 4) is 0 Å². The molecule has 1 fully saturated rings. The van der Waals surface area contributed by atoms with Crippen LogP contribution in [0.25, 0.3) is 0 Å². The summed E-state index contributed by atoms with van der Waals surface area (Å²) < 4.78 is 5.88. The molecule has 0 saturated heterocycles. The fourth-order valence-corrected chi connectivity index (χ4v) is 1.95. The largest absolute Gasteiger partial charge is 0.377 e. The van der Waals surface area contributed by atoms with Gasteiger partial charge in [0.15, 0.2) is 0 Å². The predicted octanol–water partition coefficient (Wildman–Crippen LogP) is 2.97. The van der Waals surface area contributed by atoms with Gasteiger partial charge in [0.2, 0.25) is 0 Å². The van der Waals surface area contributed by atoms with Gasteiger partial charge in [0.1, 0.15) is 0 Å². The normalized spacial score (nSPS) is 20.2. The Kier molecular flexibility index (Phi) is 6.26. The standard InChI is InChI=1S/C13H27NO/c1-4-6-11(3)15-10-13(12-7-8-12)14-9-5-2/h11-14H,4-10H2,1-3H3. The Morgan fingerprint density at radius 3 is 2.53 bits per heavy atom. The molecule has 0 aromatic rings. The molecule has 90 valence electrons. The van der Waals surface area contributed by atoms with E-state index in [0.29, 0.717) is 12.1 Å². The van der Waals surface area contributed by atoms with E-state index in [1.807, 2.05) is 0 Å². The lowest BCUT2D eigenvalue weighted by Crippen LogP contribution is -2.37. The summed E-state index contributed by atoms with van der Waals surface area (Å²) in [5, 5.41) is 3.60. The van der Waals surface area contributed by atoms with Crippen LogP contribution in [0.15, 0.2) is 0 Å². The van der Waals surface area contributed by atoms with Crippen molar-refractivity contribution in [3.05, 3.63) is 0 Å². The van der Waals surface area contributed by atoms with Crippen molar-refractivity contribution in [1.82, 2.24) is 5.32 Å². The van der Waals surface area contributed by atoms with E-state index >= 15 is 0 Å². The maximum absolute atomic E-state index is 5.88. The van der Waals surface area contributed by atoms with Crippen LogP contribution in [-0.2, 0) is 4.74 Å². The quantitative estimate of drug-likeness (QED) is 0.636. The third kappa shape index (κ3) is 5.53. The van der Waals surface area contributed by atoms with E-state index in [9.17, 15) is 0 Å². The first kappa shape index (κ1) is 13.0. The molecule has 0 radical (unpaired) electrons. The fourth-order valence-electron chi connectivity index (χ4n) is 1.95. The van der Waals surface area contributed by atoms with E-state index in [1.54, 1.807) is 0 Å². The molecule has 0 heterocycles. The molecular weight excluding hydrogens is 186 g/mol. The topological polar surface area (TPSA) is 21.3 Å². The van der Waals surface area contributed by atoms with Crippen LogP contribution in [0.1, 0.15) is 52.9 Å². The van der Waals surface area contributed by atoms with Crippen LogP contribution < -0.4 is 5.32 Å². The van der Waals surface area contributed by atoms with E-state index < -0.39 is 0 Å². The summed E-state index contributed by atoms with van der Waals surface area (Å²) in [6.45, 7) is 8.66. The van der Waals surface area contributed by atoms with Crippen molar-refractivity contribution in [2.45, 2.75) is 65.0 Å². The highest BCUT2D eigenvalue weighted by atomic mass is 16.5. The molecule has 0 aromatic carbocycles. The highest BCUT2D eigenvalue weighted by molar-refractivity contribution is 4.86. The fraction of sp³-hybridized carbons (Fsp3) is 1.00. The summed E-state index contributed by atoms with van der Waals surface area (Å²) in [5.74, 6) is 0.894. The second-order valence-corrected chi connectivity index (χ2v) is 4.83. The van der Waals surface area contributed by atoms with Gasteiger partial charge in [0, 0.05) is 6.04 Å². The lowest BCUT2D eigenvalue weighted by molar-refractivity contribution is 0.0404. The summed E-state index contributed by atoms with van der Waals surface area (Å²) in [4.78, 5) is 0. The molecule has 2 unspecified atom stereocenters. The Bertz CT molecular complexity index is 157. The summed E-state index contributed by atoms with van der Waals surface area (Å²) in [6.07, 6.45) is 6.84. The average Bonchev–Trinajstić information content (AvgIpc) is 3.02. The number of hydrogen-bond acceptors (Lipinski definition) is 2. The SMILES string of the molecule is CCCNC(COC(C)CCC)C1CC1. The highest BCUT2D eigenvalue weighted by Gasteiger charge is 2.30. The summed E-state index contributed by atoms with van der Waals surface area (Å²) >= 11 is 0. The van der Waals surface area contributed by atoms with E-state index in [0.717, 1.165) is 19.1 Å². The van der Waals surface area contributed by atoms with Crippen molar-refractivity contribution in [2.24, 2.45) is 5.92 Å². The molecule has 2 atom stereocenters. The second-order valence-electron chi connectivity index (χ2n) is 4.83. The molecule has 15 heavy (non-hydrogen) atoms. The predicted molar refractivity (Wildman–Crippen MR) is 65.1 cm³/mol. The molecule has 1 aliphatic carbocycles. The van der Waals surface area contributed by atoms with Crippen LogP contribution in [0.4, 0.5) is 0 Å². The van der Waals surface area contributed by atoms with Crippen LogP contribution in [0, 0.1) is 5.92 Å². The molecule has 1 N–H and O–H groups in total. The minimum Gasteiger partial charge on any atom is -0.377 e. The zero-order valence-corrected chi connectivity index (χ0v) is 10.6. The minimum atomic E-state index is 0.430. The maximum atomic E-state index is 5.88. The third-order valence-corrected chi connectivity index (χ3v) is 3.10. The Hall–Kier alpha value is -0.0800. The number of ether oxygens (including phenoxy) is 1. The van der Waals surface area contributed by atoms with Crippen molar-refractivity contribution >= 4 is 0 Å². The van der Waals surface area contributed by atoms with Crippen molar-refractivity contribution < 1.29 is 4.74 Å². The Labute approximate surface area is 94.8 Å². The molecule has 0 bridgehead atoms. The Morgan fingerprint density at radius 1 is 1.27 bits per heavy atom. The molecule has 2 heteroatoms. The first-order chi connectivity index (χ1) is 7.27. The third-order valence-electron chi connectivity index (χ3n) is 3.10. The van der Waals surface area contributed by atoms with E-state index in [4.69, 9.17) is 4.74 Å². The molecule has 1 rings (SSSR count). The van der Waals surface area contributed by atoms with Gasteiger partial charge < -0.3 is 10.1 Å². The summed E-state index contributed by atoms with van der Waals surface area (Å²) in [6, 6.07) is 0.615. The van der Waals surface area contributed by atoms with Crippen molar-refractivity contribution in [1.29, 1.82) is 0 Å². The van der Waals surface area contributed by atoms with Gasteiger partial charge in [-0.05, 0) is 45.1 Å². The van der Waals surface area contributed by atoms with Crippen LogP contribution in [0.2, 0.25) is 0 Å². The maximum Gasteiger partial charge on any atom is 0.0625 e. The van der Waals surface area contributed by atoms with E-state index in [-0.39, 0.29) is 0 Å². The number of nitrogens with one attached hydrogen (secondary N) is 1. The zero-order chi connectivity index (χ0) is 11.1. The molecule has 0 spiro atoms. The molecule has 0 aliphatic heterocycles. The molecular formula is C13H27NO. The molecule has 1 aliphatic rings. The van der Waals surface area contributed by atoms with Crippen molar-refractivity contribution in [2.75, 3.05) is 13.2 Å². The van der Waals surface area contributed by atoms with Crippen LogP contribution in [-0.4, -0.2) is 25.3 Å². The number of hydrogen-bond donors (Lipinski definition) is 1. The van der Waals surface area contributed by atoms with Crippen LogP contribution in [0.5, 0.6) is 0 Å². The average molecular weight is 213 g/mol. The van der Waals surface area contributed by atoms with Gasteiger partial charge in [-0.15, -0.1) is 0 Å². The first-order valence-corrected chi connectivity index (χ1v) is 6.62. The van der Waals surface area contributed by atoms with E-state index in [2.05, 4.69) is 26.1 Å². The Balaban J connectivity index is 2.13. The van der Waals surface area contributed by atoms with Gasteiger partial charge in [-0.2, -0.15) is 0 Å². The molecule has 0 amide bonds. The number of rotatable bonds is 9. The molecule has 2 nitrogen and oxygen atoms in total. The minimum absolute atomic E-state index is 0.430. The lowest BCUT2D eigenvalue weighted by atomic mass is 10.2. The van der Waals surface area contributed by atoms with Crippen LogP contribution in [0.3, 0.4) is 0 Å². The van der Waals surface area contributed by atoms with Crippen molar-refractivity contribution in [3.63, 3.8) is 0 Å². The van der Waals surface area contributed by atoms with Gasteiger partial charge >= 0.3 is 0 Å². The van der Waals surface area contributed by atoms with Gasteiger partial charge in [-0.1, -0.05) is 20.3 Å². The molecule has 0 aromatic heterocycles. The van der Waals surface area contributed by atoms with Gasteiger partial charge in [0.05, 0.1) is 12.7 Å². The lowest BCUT2D eigenvalue weighted by Gasteiger charge is -2.20. The smallest absolute Gasteiger partial charge is 0.0625 e. The summed E-state index contributed by atoms with van der Waals surface area (Å²) in [5.41, 5.74) is 0. The second kappa shape index (κ2) is 7.24. The summed E-state index contributed by atoms with van der Waals surface area (Å²) in [7, 11) is 0. The van der Waals surface area contributed by atoms with Crippen LogP contribution >= 0.6 is 0 Å². The monoisotopic (exact) mass is 213 g/mol.